The number of anilines is 5. The van der Waals surface area contributed by atoms with E-state index in [1.54, 1.807) is 0 Å². The van der Waals surface area contributed by atoms with Crippen molar-refractivity contribution in [1.29, 1.82) is 0 Å². The number of hydrogen-bond donors (Lipinski definition) is 0. The molecule has 0 N–H and O–H groups in total. The van der Waals surface area contributed by atoms with Crippen molar-refractivity contribution < 1.29 is 0 Å². The average molecular weight is 845 g/mol. The molecule has 0 saturated carbocycles. The third-order valence-electron chi connectivity index (χ3n) is 12.8. The van der Waals surface area contributed by atoms with Crippen LogP contribution in [0.15, 0.2) is 279 Å². The Morgan fingerprint density at radius 3 is 1.17 bits per heavy atom. The van der Waals surface area contributed by atoms with Gasteiger partial charge in [0.05, 0.1) is 5.69 Å². The van der Waals surface area contributed by atoms with Crippen LogP contribution in [0.5, 0.6) is 0 Å². The normalized spacial score (nSPS) is 13.4. The fourth-order valence-corrected chi connectivity index (χ4v) is 9.45. The van der Waals surface area contributed by atoms with Gasteiger partial charge in [-0.25, -0.2) is 0 Å². The van der Waals surface area contributed by atoms with Crippen LogP contribution in [0, 0.1) is 0 Å². The van der Waals surface area contributed by atoms with E-state index in [2.05, 4.69) is 283 Å². The van der Waals surface area contributed by atoms with Crippen molar-refractivity contribution in [3.8, 4) is 33.4 Å². The van der Waals surface area contributed by atoms with E-state index in [0.717, 1.165) is 51.7 Å². The molecule has 1 atom stereocenters. The molecule has 1 aliphatic carbocycles. The zero-order valence-corrected chi connectivity index (χ0v) is 36.7. The lowest BCUT2D eigenvalue weighted by atomic mass is 9.84. The van der Waals surface area contributed by atoms with Gasteiger partial charge in [0.15, 0.2) is 0 Å². The van der Waals surface area contributed by atoms with Gasteiger partial charge >= 0.3 is 0 Å². The Bertz CT molecular complexity index is 3260. The first kappa shape index (κ1) is 40.3. The average Bonchev–Trinajstić information content (AvgIpc) is 3.41. The second-order valence-electron chi connectivity index (χ2n) is 16.9. The standard InChI is InChI=1S/C64H48N2/c1-5-16-47(17-6-1)51-28-36-58(37-29-51)65(62-45-56(49-20-9-3-10-21-49)44-57(46-62)50-22-11-4-12-23-50)59-38-30-53(31-39-59)54-34-42-61(43-35-54)66(64-27-15-25-55-24-13-14-26-63(55)64)60-40-32-52(33-41-60)48-18-7-2-8-19-48/h1-43,45-46,56H,44H2. The lowest BCUT2D eigenvalue weighted by Crippen LogP contribution is -2.19. The molecule has 314 valence electrons. The Balaban J connectivity index is 0.960. The van der Waals surface area contributed by atoms with Gasteiger partial charge < -0.3 is 9.80 Å². The molecule has 1 unspecified atom stereocenters. The Morgan fingerprint density at radius 1 is 0.303 bits per heavy atom. The van der Waals surface area contributed by atoms with E-state index >= 15 is 0 Å². The van der Waals surface area contributed by atoms with Gasteiger partial charge in [-0.05, 0) is 123 Å². The maximum atomic E-state index is 2.45. The first-order valence-electron chi connectivity index (χ1n) is 22.8. The van der Waals surface area contributed by atoms with Crippen LogP contribution in [0.2, 0.25) is 0 Å². The van der Waals surface area contributed by atoms with E-state index in [4.69, 9.17) is 0 Å². The van der Waals surface area contributed by atoms with Crippen molar-refractivity contribution in [2.75, 3.05) is 9.80 Å². The van der Waals surface area contributed by atoms with Crippen molar-refractivity contribution in [2.45, 2.75) is 12.3 Å². The lowest BCUT2D eigenvalue weighted by Gasteiger charge is -2.32. The molecule has 1 aliphatic rings. The molecular weight excluding hydrogens is 797 g/mol. The predicted octanol–water partition coefficient (Wildman–Crippen LogP) is 17.6. The minimum atomic E-state index is 0.223. The van der Waals surface area contributed by atoms with Crippen molar-refractivity contribution in [2.24, 2.45) is 0 Å². The van der Waals surface area contributed by atoms with E-state index in [1.165, 1.54) is 49.7 Å². The minimum Gasteiger partial charge on any atom is -0.311 e. The number of fused-ring (bicyclic) bond motifs is 1. The summed E-state index contributed by atoms with van der Waals surface area (Å²) >= 11 is 0. The summed E-state index contributed by atoms with van der Waals surface area (Å²) in [5, 5.41) is 2.42. The van der Waals surface area contributed by atoms with Crippen molar-refractivity contribution >= 4 is 44.8 Å². The molecule has 0 aliphatic heterocycles. The Kier molecular flexibility index (Phi) is 11.2. The molecule has 2 nitrogen and oxygen atoms in total. The molecule has 0 fully saturated rings. The third-order valence-corrected chi connectivity index (χ3v) is 12.8. The van der Waals surface area contributed by atoms with Gasteiger partial charge in [0.25, 0.3) is 0 Å². The van der Waals surface area contributed by atoms with Crippen molar-refractivity contribution in [3.05, 3.63) is 290 Å². The summed E-state index contributed by atoms with van der Waals surface area (Å²) in [5.41, 5.74) is 17.8. The van der Waals surface area contributed by atoms with Crippen LogP contribution in [0.25, 0.3) is 49.7 Å². The molecule has 0 spiro atoms. The number of allylic oxidation sites excluding steroid dienone is 3. The molecule has 0 amide bonds. The maximum absolute atomic E-state index is 2.45. The summed E-state index contributed by atoms with van der Waals surface area (Å²) in [6.45, 7) is 0. The van der Waals surface area contributed by atoms with Crippen LogP contribution in [0.4, 0.5) is 28.4 Å². The van der Waals surface area contributed by atoms with Crippen LogP contribution in [0.1, 0.15) is 23.5 Å². The zero-order valence-electron chi connectivity index (χ0n) is 36.7. The zero-order chi connectivity index (χ0) is 44.1. The molecule has 10 aromatic rings. The van der Waals surface area contributed by atoms with Crippen LogP contribution in [-0.2, 0) is 0 Å². The molecule has 66 heavy (non-hydrogen) atoms. The highest BCUT2D eigenvalue weighted by Gasteiger charge is 2.24. The summed E-state index contributed by atoms with van der Waals surface area (Å²) < 4.78 is 0. The maximum Gasteiger partial charge on any atom is 0.0540 e. The Hall–Kier alpha value is -8.46. The summed E-state index contributed by atoms with van der Waals surface area (Å²) in [5.74, 6) is 0.223. The quantitative estimate of drug-likeness (QED) is 0.128. The third kappa shape index (κ3) is 8.36. The summed E-state index contributed by atoms with van der Waals surface area (Å²) in [7, 11) is 0. The van der Waals surface area contributed by atoms with Crippen LogP contribution < -0.4 is 9.80 Å². The fourth-order valence-electron chi connectivity index (χ4n) is 9.45. The number of nitrogens with zero attached hydrogens (tertiary/aromatic N) is 2. The molecule has 0 aromatic heterocycles. The molecule has 0 heterocycles. The second-order valence-corrected chi connectivity index (χ2v) is 16.9. The smallest absolute Gasteiger partial charge is 0.0540 e. The fraction of sp³-hybridized carbons (Fsp3) is 0.0312. The highest BCUT2D eigenvalue weighted by molar-refractivity contribution is 5.99. The Labute approximate surface area is 388 Å². The van der Waals surface area contributed by atoms with Gasteiger partial charge in [-0.1, -0.05) is 212 Å². The van der Waals surface area contributed by atoms with Crippen LogP contribution in [-0.4, -0.2) is 0 Å². The number of rotatable bonds is 11. The van der Waals surface area contributed by atoms with E-state index in [0.29, 0.717) is 0 Å². The summed E-state index contributed by atoms with van der Waals surface area (Å²) in [6.07, 6.45) is 5.78. The van der Waals surface area contributed by atoms with Crippen LogP contribution >= 0.6 is 0 Å². The second kappa shape index (κ2) is 18.3. The Morgan fingerprint density at radius 2 is 0.682 bits per heavy atom. The van der Waals surface area contributed by atoms with Crippen molar-refractivity contribution in [3.63, 3.8) is 0 Å². The lowest BCUT2D eigenvalue weighted by molar-refractivity contribution is 0.851. The topological polar surface area (TPSA) is 6.48 Å². The monoisotopic (exact) mass is 844 g/mol. The van der Waals surface area contributed by atoms with E-state index in [9.17, 15) is 0 Å². The molecule has 0 bridgehead atoms. The molecule has 0 saturated heterocycles. The van der Waals surface area contributed by atoms with Gasteiger partial charge in [-0.2, -0.15) is 0 Å². The summed E-state index contributed by atoms with van der Waals surface area (Å²) in [6, 6.07) is 94.2. The highest BCUT2D eigenvalue weighted by atomic mass is 15.2. The largest absolute Gasteiger partial charge is 0.311 e. The van der Waals surface area contributed by atoms with Crippen LogP contribution in [0.3, 0.4) is 0 Å². The minimum absolute atomic E-state index is 0.223. The van der Waals surface area contributed by atoms with Crippen molar-refractivity contribution in [1.82, 2.24) is 0 Å². The van der Waals surface area contributed by atoms with E-state index in [1.807, 2.05) is 0 Å². The van der Waals surface area contributed by atoms with Gasteiger partial charge in [0.2, 0.25) is 0 Å². The molecule has 2 heteroatoms. The van der Waals surface area contributed by atoms with Gasteiger partial charge in [0.1, 0.15) is 0 Å². The number of benzene rings is 10. The van der Waals surface area contributed by atoms with Gasteiger partial charge in [0, 0.05) is 39.8 Å². The number of hydrogen-bond acceptors (Lipinski definition) is 2. The van der Waals surface area contributed by atoms with Gasteiger partial charge in [-0.3, -0.25) is 0 Å². The first-order valence-corrected chi connectivity index (χ1v) is 22.8. The van der Waals surface area contributed by atoms with Gasteiger partial charge in [-0.15, -0.1) is 0 Å². The highest BCUT2D eigenvalue weighted by Crippen LogP contribution is 2.43. The molecule has 10 aromatic carbocycles. The first-order chi connectivity index (χ1) is 32.7. The molecular formula is C64H48N2. The summed E-state index contributed by atoms with van der Waals surface area (Å²) in [4.78, 5) is 4.80. The van der Waals surface area contributed by atoms with E-state index < -0.39 is 0 Å². The molecule has 11 rings (SSSR count). The van der Waals surface area contributed by atoms with E-state index in [-0.39, 0.29) is 5.92 Å². The predicted molar refractivity (Wildman–Crippen MR) is 280 cm³/mol. The molecule has 0 radical (unpaired) electrons. The SMILES string of the molecule is C1=C(c2ccccc2)CC(c2ccccc2)C=C1N(c1ccc(-c2ccccc2)cc1)c1ccc(-c2ccc(N(c3ccc(-c4ccccc4)cc3)c3cccc4ccccc34)cc2)cc1.